The molecule has 1 aliphatic rings. The van der Waals surface area contributed by atoms with Crippen LogP contribution in [0.5, 0.6) is 0 Å². The van der Waals surface area contributed by atoms with Crippen molar-refractivity contribution in [3.8, 4) is 0 Å². The first kappa shape index (κ1) is 13.3. The molecule has 0 aliphatic heterocycles. The molecule has 98 valence electrons. The molecule has 0 aromatic heterocycles. The zero-order valence-corrected chi connectivity index (χ0v) is 11.2. The van der Waals surface area contributed by atoms with Gasteiger partial charge in [0.2, 0.25) is 0 Å². The number of Topliss-reactive ketones (excluding diaryl/α,β-unsaturated/α-hetero) is 1. The van der Waals surface area contributed by atoms with Crippen LogP contribution in [0.15, 0.2) is 24.3 Å². The zero-order valence-electron chi connectivity index (χ0n) is 11.2. The molecular formula is C16H23NO. The van der Waals surface area contributed by atoms with Gasteiger partial charge in [-0.2, -0.15) is 0 Å². The van der Waals surface area contributed by atoms with Crippen LogP contribution in [0.25, 0.3) is 0 Å². The monoisotopic (exact) mass is 245 g/mol. The lowest BCUT2D eigenvalue weighted by molar-refractivity contribution is 0.0871. The fourth-order valence-corrected chi connectivity index (χ4v) is 2.87. The summed E-state index contributed by atoms with van der Waals surface area (Å²) in [4.78, 5) is 12.4. The molecule has 2 heteroatoms. The Balaban J connectivity index is 1.98. The van der Waals surface area contributed by atoms with E-state index in [1.165, 1.54) is 19.3 Å². The Morgan fingerprint density at radius 1 is 1.17 bits per heavy atom. The molecule has 18 heavy (non-hydrogen) atoms. The highest BCUT2D eigenvalue weighted by Crippen LogP contribution is 2.32. The van der Waals surface area contributed by atoms with E-state index in [4.69, 9.17) is 5.73 Å². The van der Waals surface area contributed by atoms with E-state index in [0.29, 0.717) is 12.3 Å². The van der Waals surface area contributed by atoms with Gasteiger partial charge in [0.05, 0.1) is 0 Å². The van der Waals surface area contributed by atoms with Crippen molar-refractivity contribution < 1.29 is 4.79 Å². The molecule has 0 amide bonds. The summed E-state index contributed by atoms with van der Waals surface area (Å²) in [6.45, 7) is 2.79. The molecule has 2 rings (SSSR count). The molecule has 0 heterocycles. The summed E-state index contributed by atoms with van der Waals surface area (Å²) in [6.07, 6.45) is 5.82. The summed E-state index contributed by atoms with van der Waals surface area (Å²) >= 11 is 0. The van der Waals surface area contributed by atoms with Crippen LogP contribution in [0.3, 0.4) is 0 Å². The van der Waals surface area contributed by atoms with Gasteiger partial charge in [-0.1, -0.05) is 37.6 Å². The normalized spacial score (nSPS) is 23.9. The fraction of sp³-hybridized carbons (Fsp3) is 0.562. The molecule has 1 fully saturated rings. The standard InChI is InChI=1S/C16H23NO/c1-2-12-3-7-14(8-4-12)16(18)15-9-5-13(11-17)6-10-15/h5-6,9-10,12,14H,2-4,7-8,11,17H2,1H3. The lowest BCUT2D eigenvalue weighted by atomic mass is 9.78. The third kappa shape index (κ3) is 2.99. The van der Waals surface area contributed by atoms with Crippen LogP contribution < -0.4 is 5.73 Å². The fourth-order valence-electron chi connectivity index (χ4n) is 2.87. The van der Waals surface area contributed by atoms with Crippen molar-refractivity contribution in [2.24, 2.45) is 17.6 Å². The minimum Gasteiger partial charge on any atom is -0.326 e. The molecule has 1 aromatic carbocycles. The van der Waals surface area contributed by atoms with Gasteiger partial charge in [0.25, 0.3) is 0 Å². The number of carbonyl (C=O) groups is 1. The van der Waals surface area contributed by atoms with Crippen molar-refractivity contribution >= 4 is 5.78 Å². The number of nitrogens with two attached hydrogens (primary N) is 1. The maximum Gasteiger partial charge on any atom is 0.165 e. The quantitative estimate of drug-likeness (QED) is 0.824. The molecule has 0 radical (unpaired) electrons. The zero-order chi connectivity index (χ0) is 13.0. The molecule has 1 aromatic rings. The molecule has 2 nitrogen and oxygen atoms in total. The first-order chi connectivity index (χ1) is 8.74. The van der Waals surface area contributed by atoms with Gasteiger partial charge in [0.1, 0.15) is 0 Å². The van der Waals surface area contributed by atoms with Gasteiger partial charge < -0.3 is 5.73 Å². The average molecular weight is 245 g/mol. The number of hydrogen-bond acceptors (Lipinski definition) is 2. The third-order valence-electron chi connectivity index (χ3n) is 4.27. The predicted molar refractivity (Wildman–Crippen MR) is 74.4 cm³/mol. The van der Waals surface area contributed by atoms with E-state index in [2.05, 4.69) is 6.92 Å². The first-order valence-corrected chi connectivity index (χ1v) is 7.07. The summed E-state index contributed by atoms with van der Waals surface area (Å²) in [5.41, 5.74) is 7.50. The summed E-state index contributed by atoms with van der Waals surface area (Å²) in [5.74, 6) is 1.42. The molecule has 0 bridgehead atoms. The van der Waals surface area contributed by atoms with Crippen LogP contribution in [0.1, 0.15) is 54.9 Å². The van der Waals surface area contributed by atoms with Crippen LogP contribution in [0, 0.1) is 11.8 Å². The van der Waals surface area contributed by atoms with Crippen molar-refractivity contribution in [3.05, 3.63) is 35.4 Å². The van der Waals surface area contributed by atoms with E-state index in [0.717, 1.165) is 29.9 Å². The number of hydrogen-bond donors (Lipinski definition) is 1. The van der Waals surface area contributed by atoms with Gasteiger partial charge in [0, 0.05) is 18.0 Å². The largest absolute Gasteiger partial charge is 0.326 e. The van der Waals surface area contributed by atoms with E-state index in [-0.39, 0.29) is 5.92 Å². The van der Waals surface area contributed by atoms with Crippen molar-refractivity contribution in [1.29, 1.82) is 0 Å². The van der Waals surface area contributed by atoms with Gasteiger partial charge in [-0.25, -0.2) is 0 Å². The van der Waals surface area contributed by atoms with Crippen molar-refractivity contribution in [1.82, 2.24) is 0 Å². The summed E-state index contributed by atoms with van der Waals surface area (Å²) in [6, 6.07) is 7.78. The number of ketones is 1. The number of carbonyl (C=O) groups excluding carboxylic acids is 1. The second kappa shape index (κ2) is 6.14. The van der Waals surface area contributed by atoms with Crippen LogP contribution in [0.2, 0.25) is 0 Å². The Kier molecular flexibility index (Phi) is 4.54. The lowest BCUT2D eigenvalue weighted by Crippen LogP contribution is -2.21. The minimum absolute atomic E-state index is 0.247. The highest BCUT2D eigenvalue weighted by atomic mass is 16.1. The molecule has 0 spiro atoms. The topological polar surface area (TPSA) is 43.1 Å². The third-order valence-corrected chi connectivity index (χ3v) is 4.27. The van der Waals surface area contributed by atoms with Crippen molar-refractivity contribution in [3.63, 3.8) is 0 Å². The highest BCUT2D eigenvalue weighted by Gasteiger charge is 2.25. The van der Waals surface area contributed by atoms with Crippen LogP contribution >= 0.6 is 0 Å². The van der Waals surface area contributed by atoms with Crippen LogP contribution in [-0.2, 0) is 6.54 Å². The first-order valence-electron chi connectivity index (χ1n) is 7.07. The maximum absolute atomic E-state index is 12.4. The Labute approximate surface area is 110 Å². The van der Waals surface area contributed by atoms with Gasteiger partial charge in [-0.15, -0.1) is 0 Å². The minimum atomic E-state index is 0.247. The van der Waals surface area contributed by atoms with Crippen LogP contribution in [0.4, 0.5) is 0 Å². The van der Waals surface area contributed by atoms with Crippen molar-refractivity contribution in [2.75, 3.05) is 0 Å². The van der Waals surface area contributed by atoms with E-state index in [1.54, 1.807) is 0 Å². The number of rotatable bonds is 4. The summed E-state index contributed by atoms with van der Waals surface area (Å²) in [5, 5.41) is 0. The summed E-state index contributed by atoms with van der Waals surface area (Å²) < 4.78 is 0. The molecule has 1 aliphatic carbocycles. The van der Waals surface area contributed by atoms with E-state index >= 15 is 0 Å². The van der Waals surface area contributed by atoms with Gasteiger partial charge in [0.15, 0.2) is 5.78 Å². The lowest BCUT2D eigenvalue weighted by Gasteiger charge is -2.26. The van der Waals surface area contributed by atoms with Gasteiger partial charge >= 0.3 is 0 Å². The van der Waals surface area contributed by atoms with E-state index in [9.17, 15) is 4.79 Å². The average Bonchev–Trinajstić information content (AvgIpc) is 2.47. The second-order valence-corrected chi connectivity index (χ2v) is 5.39. The second-order valence-electron chi connectivity index (χ2n) is 5.39. The highest BCUT2D eigenvalue weighted by molar-refractivity contribution is 5.97. The molecule has 0 saturated heterocycles. The molecular weight excluding hydrogens is 222 g/mol. The van der Waals surface area contributed by atoms with Crippen molar-refractivity contribution in [2.45, 2.75) is 45.6 Å². The van der Waals surface area contributed by atoms with E-state index in [1.807, 2.05) is 24.3 Å². The predicted octanol–water partition coefficient (Wildman–Crippen LogP) is 3.54. The van der Waals surface area contributed by atoms with E-state index < -0.39 is 0 Å². The Morgan fingerprint density at radius 2 is 1.78 bits per heavy atom. The van der Waals surface area contributed by atoms with Gasteiger partial charge in [-0.05, 0) is 37.2 Å². The molecule has 2 N–H and O–H groups in total. The molecule has 1 saturated carbocycles. The number of benzene rings is 1. The maximum atomic E-state index is 12.4. The summed E-state index contributed by atoms with van der Waals surface area (Å²) in [7, 11) is 0. The smallest absolute Gasteiger partial charge is 0.165 e. The van der Waals surface area contributed by atoms with Crippen LogP contribution in [-0.4, -0.2) is 5.78 Å². The van der Waals surface area contributed by atoms with Gasteiger partial charge in [-0.3, -0.25) is 4.79 Å². The molecule has 0 unspecified atom stereocenters. The Hall–Kier alpha value is -1.15. The Morgan fingerprint density at radius 3 is 2.28 bits per heavy atom. The molecule has 0 atom stereocenters. The Bertz CT molecular complexity index is 388. The SMILES string of the molecule is CCC1CCC(C(=O)c2ccc(CN)cc2)CC1.